The summed E-state index contributed by atoms with van der Waals surface area (Å²) in [5.41, 5.74) is 0. The Hall–Kier alpha value is -0.530. The fourth-order valence-electron chi connectivity index (χ4n) is 3.09. The molecule has 0 aromatic rings. The van der Waals surface area contributed by atoms with Gasteiger partial charge in [-0.2, -0.15) is 0 Å². The van der Waals surface area contributed by atoms with Crippen LogP contribution in [0.3, 0.4) is 0 Å². The van der Waals surface area contributed by atoms with Crippen molar-refractivity contribution in [2.24, 2.45) is 11.8 Å². The van der Waals surface area contributed by atoms with Crippen molar-refractivity contribution < 1.29 is 9.53 Å². The highest BCUT2D eigenvalue weighted by molar-refractivity contribution is 5.69. The molecule has 0 saturated carbocycles. The molecule has 0 fully saturated rings. The van der Waals surface area contributed by atoms with Crippen LogP contribution in [0.15, 0.2) is 0 Å². The minimum absolute atomic E-state index is 0.0124. The van der Waals surface area contributed by atoms with Crippen molar-refractivity contribution in [3.63, 3.8) is 0 Å². The van der Waals surface area contributed by atoms with Crippen LogP contribution in [0, 0.1) is 11.8 Å². The van der Waals surface area contributed by atoms with Gasteiger partial charge in [-0.3, -0.25) is 4.79 Å². The predicted octanol–water partition coefficient (Wildman–Crippen LogP) is 6.52. The Kier molecular flexibility index (Phi) is 15.0. The maximum absolute atomic E-state index is 11.8. The molecule has 0 aromatic heterocycles. The molecule has 132 valence electrons. The molecular formula is C20H40O2. The van der Waals surface area contributed by atoms with E-state index < -0.39 is 0 Å². The van der Waals surface area contributed by atoms with Crippen LogP contribution in [0.2, 0.25) is 0 Å². The van der Waals surface area contributed by atoms with Gasteiger partial charge in [0, 0.05) is 6.42 Å². The summed E-state index contributed by atoms with van der Waals surface area (Å²) in [7, 11) is 0. The highest BCUT2D eigenvalue weighted by Crippen LogP contribution is 2.22. The van der Waals surface area contributed by atoms with Gasteiger partial charge in [-0.1, -0.05) is 85.5 Å². The molecule has 22 heavy (non-hydrogen) atoms. The van der Waals surface area contributed by atoms with E-state index in [9.17, 15) is 4.79 Å². The number of unbranched alkanes of at least 4 members (excludes halogenated alkanes) is 6. The lowest BCUT2D eigenvalue weighted by atomic mass is 9.87. The first-order chi connectivity index (χ1) is 10.7. The third-order valence-electron chi connectivity index (χ3n) is 4.65. The molecule has 0 N–H and O–H groups in total. The van der Waals surface area contributed by atoms with Crippen molar-refractivity contribution >= 4 is 5.97 Å². The van der Waals surface area contributed by atoms with Gasteiger partial charge in [0.15, 0.2) is 0 Å². The van der Waals surface area contributed by atoms with Crippen molar-refractivity contribution in [1.29, 1.82) is 0 Å². The number of hydrogen-bond acceptors (Lipinski definition) is 2. The summed E-state index contributed by atoms with van der Waals surface area (Å²) < 4.78 is 5.53. The minimum Gasteiger partial charge on any atom is -0.465 e. The van der Waals surface area contributed by atoms with Crippen LogP contribution in [-0.2, 0) is 9.53 Å². The highest BCUT2D eigenvalue weighted by atomic mass is 16.5. The molecule has 0 rings (SSSR count). The molecule has 2 nitrogen and oxygen atoms in total. The average Bonchev–Trinajstić information content (AvgIpc) is 2.50. The molecule has 0 saturated heterocycles. The van der Waals surface area contributed by atoms with E-state index in [-0.39, 0.29) is 5.97 Å². The first-order valence-corrected chi connectivity index (χ1v) is 9.81. The summed E-state index contributed by atoms with van der Waals surface area (Å²) >= 11 is 0. The van der Waals surface area contributed by atoms with Crippen LogP contribution in [0.1, 0.15) is 105 Å². The third-order valence-corrected chi connectivity index (χ3v) is 4.65. The Labute approximate surface area is 139 Å². The normalized spacial score (nSPS) is 13.8. The second-order valence-electron chi connectivity index (χ2n) is 6.87. The average molecular weight is 313 g/mol. The van der Waals surface area contributed by atoms with Crippen LogP contribution in [0.4, 0.5) is 0 Å². The lowest BCUT2D eigenvalue weighted by molar-refractivity contribution is -0.145. The molecule has 0 aromatic carbocycles. The van der Waals surface area contributed by atoms with Gasteiger partial charge in [-0.15, -0.1) is 0 Å². The largest absolute Gasteiger partial charge is 0.465 e. The van der Waals surface area contributed by atoms with Gasteiger partial charge in [-0.25, -0.2) is 0 Å². The van der Waals surface area contributed by atoms with Crippen LogP contribution in [0.5, 0.6) is 0 Å². The summed E-state index contributed by atoms with van der Waals surface area (Å²) in [6.07, 6.45) is 14.1. The summed E-state index contributed by atoms with van der Waals surface area (Å²) in [4.78, 5) is 11.8. The second kappa shape index (κ2) is 15.4. The van der Waals surface area contributed by atoms with Crippen LogP contribution in [-0.4, -0.2) is 12.6 Å². The smallest absolute Gasteiger partial charge is 0.305 e. The molecule has 0 bridgehead atoms. The number of carbonyl (C=O) groups is 1. The van der Waals surface area contributed by atoms with E-state index >= 15 is 0 Å². The number of rotatable bonds is 15. The van der Waals surface area contributed by atoms with Crippen molar-refractivity contribution in [3.8, 4) is 0 Å². The van der Waals surface area contributed by atoms with E-state index in [4.69, 9.17) is 4.74 Å². The number of esters is 1. The zero-order valence-corrected chi connectivity index (χ0v) is 15.7. The molecule has 0 aliphatic heterocycles. The Morgan fingerprint density at radius 3 is 2.00 bits per heavy atom. The quantitative estimate of drug-likeness (QED) is 0.254. The van der Waals surface area contributed by atoms with E-state index in [1.807, 2.05) is 0 Å². The van der Waals surface area contributed by atoms with Crippen molar-refractivity contribution in [3.05, 3.63) is 0 Å². The van der Waals surface area contributed by atoms with Gasteiger partial charge in [0.1, 0.15) is 0 Å². The van der Waals surface area contributed by atoms with Gasteiger partial charge >= 0.3 is 5.97 Å². The lowest BCUT2D eigenvalue weighted by Gasteiger charge is -2.23. The maximum atomic E-state index is 11.8. The molecule has 0 heterocycles. The molecule has 0 radical (unpaired) electrons. The second-order valence-corrected chi connectivity index (χ2v) is 6.87. The van der Waals surface area contributed by atoms with Gasteiger partial charge in [0.05, 0.1) is 6.61 Å². The SMILES string of the molecule is CCCCCCCCCC(=O)OCC(CCC)C(C)CCC. The van der Waals surface area contributed by atoms with E-state index in [1.165, 1.54) is 64.2 Å². The summed E-state index contributed by atoms with van der Waals surface area (Å²) in [5.74, 6) is 1.22. The van der Waals surface area contributed by atoms with Crippen LogP contribution < -0.4 is 0 Å². The van der Waals surface area contributed by atoms with Crippen molar-refractivity contribution in [2.45, 2.75) is 105 Å². The van der Waals surface area contributed by atoms with Crippen molar-refractivity contribution in [1.82, 2.24) is 0 Å². The fraction of sp³-hybridized carbons (Fsp3) is 0.950. The molecule has 0 aliphatic rings. The molecule has 0 spiro atoms. The Morgan fingerprint density at radius 1 is 0.818 bits per heavy atom. The first-order valence-electron chi connectivity index (χ1n) is 9.81. The molecule has 0 amide bonds. The number of ether oxygens (including phenoxy) is 1. The molecular weight excluding hydrogens is 272 g/mol. The monoisotopic (exact) mass is 312 g/mol. The highest BCUT2D eigenvalue weighted by Gasteiger charge is 2.17. The molecule has 2 atom stereocenters. The van der Waals surface area contributed by atoms with E-state index in [0.717, 1.165) is 6.42 Å². The van der Waals surface area contributed by atoms with E-state index in [0.29, 0.717) is 24.9 Å². The molecule has 2 heteroatoms. The Balaban J connectivity index is 3.71. The maximum Gasteiger partial charge on any atom is 0.305 e. The number of carbonyl (C=O) groups excluding carboxylic acids is 1. The zero-order valence-electron chi connectivity index (χ0n) is 15.7. The lowest BCUT2D eigenvalue weighted by Crippen LogP contribution is -2.20. The van der Waals surface area contributed by atoms with Gasteiger partial charge in [0.25, 0.3) is 0 Å². The fourth-order valence-corrected chi connectivity index (χ4v) is 3.09. The molecule has 0 aliphatic carbocycles. The van der Waals surface area contributed by atoms with E-state index in [2.05, 4.69) is 27.7 Å². The summed E-state index contributed by atoms with van der Waals surface area (Å²) in [6, 6.07) is 0. The van der Waals surface area contributed by atoms with E-state index in [1.54, 1.807) is 0 Å². The Morgan fingerprint density at radius 2 is 1.41 bits per heavy atom. The van der Waals surface area contributed by atoms with Crippen LogP contribution in [0.25, 0.3) is 0 Å². The molecule has 2 unspecified atom stereocenters. The van der Waals surface area contributed by atoms with Crippen LogP contribution >= 0.6 is 0 Å². The van der Waals surface area contributed by atoms with Gasteiger partial charge in [-0.05, 0) is 24.7 Å². The minimum atomic E-state index is 0.0124. The summed E-state index contributed by atoms with van der Waals surface area (Å²) in [5, 5.41) is 0. The van der Waals surface area contributed by atoms with Gasteiger partial charge in [0.2, 0.25) is 0 Å². The van der Waals surface area contributed by atoms with Crippen molar-refractivity contribution in [2.75, 3.05) is 6.61 Å². The standard InChI is InChI=1S/C20H40O2/c1-5-8-9-10-11-12-13-16-20(21)22-17-19(15-7-3)18(4)14-6-2/h18-19H,5-17H2,1-4H3. The van der Waals surface area contributed by atoms with Gasteiger partial charge < -0.3 is 4.74 Å². The third kappa shape index (κ3) is 12.1. The topological polar surface area (TPSA) is 26.3 Å². The Bertz CT molecular complexity index is 250. The first kappa shape index (κ1) is 21.5. The zero-order chi connectivity index (χ0) is 16.6. The predicted molar refractivity (Wildman–Crippen MR) is 96.0 cm³/mol. The summed E-state index contributed by atoms with van der Waals surface area (Å²) in [6.45, 7) is 9.61. The number of hydrogen-bond donors (Lipinski definition) is 0.